The van der Waals surface area contributed by atoms with Crippen LogP contribution in [0.15, 0.2) is 4.42 Å². The number of hydrogen-bond acceptors (Lipinski definition) is 3. The summed E-state index contributed by atoms with van der Waals surface area (Å²) < 4.78 is 5.13. The van der Waals surface area contributed by atoms with Crippen LogP contribution in [0.25, 0.3) is 0 Å². The highest BCUT2D eigenvalue weighted by atomic mass is 16.4. The molecule has 2 N–H and O–H groups in total. The van der Waals surface area contributed by atoms with Gasteiger partial charge in [0.1, 0.15) is 5.76 Å². The molecule has 50 valence electrons. The molecule has 1 aromatic rings. The first-order valence-corrected chi connectivity index (χ1v) is 2.87. The van der Waals surface area contributed by atoms with E-state index < -0.39 is 0 Å². The summed E-state index contributed by atoms with van der Waals surface area (Å²) in [6, 6.07) is 0. The quantitative estimate of drug-likeness (QED) is 0.604. The second kappa shape index (κ2) is 2.19. The molecule has 0 aliphatic heterocycles. The van der Waals surface area contributed by atoms with Gasteiger partial charge in [-0.2, -0.15) is 0 Å². The standard InChI is InChI=1S/C6H10N2O/c1-4-5(2)9-6(3-7)8-4/h3,7H2,1-2H3. The van der Waals surface area contributed by atoms with Crippen molar-refractivity contribution < 1.29 is 4.42 Å². The smallest absolute Gasteiger partial charge is 0.208 e. The van der Waals surface area contributed by atoms with Crippen molar-refractivity contribution in [2.45, 2.75) is 20.4 Å². The molecule has 0 aliphatic carbocycles. The van der Waals surface area contributed by atoms with Crippen molar-refractivity contribution in [2.24, 2.45) is 5.73 Å². The first-order valence-electron chi connectivity index (χ1n) is 2.87. The summed E-state index contributed by atoms with van der Waals surface area (Å²) in [4.78, 5) is 4.04. The van der Waals surface area contributed by atoms with Gasteiger partial charge in [-0.05, 0) is 13.8 Å². The molecule has 1 rings (SSSR count). The molecule has 0 bridgehead atoms. The minimum Gasteiger partial charge on any atom is -0.444 e. The van der Waals surface area contributed by atoms with Gasteiger partial charge < -0.3 is 10.2 Å². The second-order valence-electron chi connectivity index (χ2n) is 1.95. The number of aromatic nitrogens is 1. The fraction of sp³-hybridized carbons (Fsp3) is 0.500. The summed E-state index contributed by atoms with van der Waals surface area (Å²) in [6.45, 7) is 4.16. The molecule has 0 saturated heterocycles. The highest BCUT2D eigenvalue weighted by Crippen LogP contribution is 2.06. The lowest BCUT2D eigenvalue weighted by molar-refractivity contribution is 0.473. The molecule has 0 saturated carbocycles. The molecule has 3 nitrogen and oxygen atoms in total. The molecule has 0 fully saturated rings. The van der Waals surface area contributed by atoms with Gasteiger partial charge in [-0.15, -0.1) is 0 Å². The molecule has 0 amide bonds. The Morgan fingerprint density at radius 1 is 1.56 bits per heavy atom. The van der Waals surface area contributed by atoms with E-state index in [1.165, 1.54) is 0 Å². The van der Waals surface area contributed by atoms with Crippen molar-refractivity contribution in [1.29, 1.82) is 0 Å². The maximum absolute atomic E-state index is 5.28. The molecule has 0 unspecified atom stereocenters. The Morgan fingerprint density at radius 3 is 2.44 bits per heavy atom. The van der Waals surface area contributed by atoms with Crippen molar-refractivity contribution in [3.05, 3.63) is 17.3 Å². The lowest BCUT2D eigenvalue weighted by atomic mass is 10.4. The highest BCUT2D eigenvalue weighted by Gasteiger charge is 2.00. The van der Waals surface area contributed by atoms with Gasteiger partial charge in [0, 0.05) is 0 Å². The van der Waals surface area contributed by atoms with E-state index in [4.69, 9.17) is 10.2 Å². The highest BCUT2D eigenvalue weighted by molar-refractivity contribution is 5.04. The lowest BCUT2D eigenvalue weighted by Crippen LogP contribution is -1.95. The number of nitrogens with zero attached hydrogens (tertiary/aromatic N) is 1. The van der Waals surface area contributed by atoms with Crippen LogP contribution in [0.5, 0.6) is 0 Å². The van der Waals surface area contributed by atoms with E-state index in [2.05, 4.69) is 4.98 Å². The largest absolute Gasteiger partial charge is 0.444 e. The van der Waals surface area contributed by atoms with E-state index >= 15 is 0 Å². The zero-order valence-corrected chi connectivity index (χ0v) is 5.64. The third-order valence-electron chi connectivity index (χ3n) is 1.25. The maximum Gasteiger partial charge on any atom is 0.208 e. The molecular formula is C6H10N2O. The van der Waals surface area contributed by atoms with Crippen molar-refractivity contribution in [3.8, 4) is 0 Å². The molecule has 0 radical (unpaired) electrons. The van der Waals surface area contributed by atoms with E-state index in [0.29, 0.717) is 12.4 Å². The minimum atomic E-state index is 0.384. The van der Waals surface area contributed by atoms with Gasteiger partial charge in [-0.3, -0.25) is 0 Å². The van der Waals surface area contributed by atoms with Crippen molar-refractivity contribution in [1.82, 2.24) is 4.98 Å². The van der Waals surface area contributed by atoms with Crippen LogP contribution in [-0.4, -0.2) is 4.98 Å². The average molecular weight is 126 g/mol. The predicted octanol–water partition coefficient (Wildman–Crippen LogP) is 0.750. The van der Waals surface area contributed by atoms with Gasteiger partial charge in [-0.25, -0.2) is 4.98 Å². The SMILES string of the molecule is Cc1nc(CN)oc1C. The first-order chi connectivity index (χ1) is 4.24. The normalized spacial score (nSPS) is 10.1. The summed E-state index contributed by atoms with van der Waals surface area (Å²) in [6.07, 6.45) is 0. The molecule has 1 aromatic heterocycles. The Labute approximate surface area is 53.9 Å². The van der Waals surface area contributed by atoms with Gasteiger partial charge >= 0.3 is 0 Å². The van der Waals surface area contributed by atoms with Crippen LogP contribution in [0.3, 0.4) is 0 Å². The Bertz CT molecular complexity index is 185. The molecule has 0 atom stereocenters. The van der Waals surface area contributed by atoms with E-state index in [1.54, 1.807) is 0 Å². The van der Waals surface area contributed by atoms with E-state index in [0.717, 1.165) is 11.5 Å². The fourth-order valence-electron chi connectivity index (χ4n) is 0.626. The Hall–Kier alpha value is -0.830. The predicted molar refractivity (Wildman–Crippen MR) is 33.9 cm³/mol. The fourth-order valence-corrected chi connectivity index (χ4v) is 0.626. The molecule has 9 heavy (non-hydrogen) atoms. The van der Waals surface area contributed by atoms with Crippen molar-refractivity contribution in [3.63, 3.8) is 0 Å². The molecule has 1 heterocycles. The van der Waals surface area contributed by atoms with Gasteiger partial charge in [-0.1, -0.05) is 0 Å². The average Bonchev–Trinajstić information content (AvgIpc) is 2.13. The van der Waals surface area contributed by atoms with Gasteiger partial charge in [0.25, 0.3) is 0 Å². The number of oxazole rings is 1. The molecule has 3 heteroatoms. The Balaban J connectivity index is 2.98. The second-order valence-corrected chi connectivity index (χ2v) is 1.95. The first kappa shape index (κ1) is 6.29. The van der Waals surface area contributed by atoms with Crippen LogP contribution >= 0.6 is 0 Å². The molecule has 0 aliphatic rings. The monoisotopic (exact) mass is 126 g/mol. The van der Waals surface area contributed by atoms with E-state index in [-0.39, 0.29) is 0 Å². The summed E-state index contributed by atoms with van der Waals surface area (Å²) in [5.74, 6) is 1.47. The number of aryl methyl sites for hydroxylation is 2. The third-order valence-corrected chi connectivity index (χ3v) is 1.25. The van der Waals surface area contributed by atoms with Gasteiger partial charge in [0.05, 0.1) is 12.2 Å². The summed E-state index contributed by atoms with van der Waals surface area (Å²) in [5.41, 5.74) is 6.20. The third kappa shape index (κ3) is 1.10. The van der Waals surface area contributed by atoms with Crippen LogP contribution in [0, 0.1) is 13.8 Å². The van der Waals surface area contributed by atoms with Crippen LogP contribution in [0.4, 0.5) is 0 Å². The summed E-state index contributed by atoms with van der Waals surface area (Å²) in [5, 5.41) is 0. The topological polar surface area (TPSA) is 52.0 Å². The molecule has 0 spiro atoms. The van der Waals surface area contributed by atoms with Crippen LogP contribution in [0.2, 0.25) is 0 Å². The zero-order valence-electron chi connectivity index (χ0n) is 5.64. The van der Waals surface area contributed by atoms with Crippen molar-refractivity contribution >= 4 is 0 Å². The van der Waals surface area contributed by atoms with Crippen LogP contribution in [0.1, 0.15) is 17.3 Å². The van der Waals surface area contributed by atoms with E-state index in [9.17, 15) is 0 Å². The number of nitrogens with two attached hydrogens (primary N) is 1. The zero-order chi connectivity index (χ0) is 6.85. The molecule has 0 aromatic carbocycles. The van der Waals surface area contributed by atoms with Gasteiger partial charge in [0.15, 0.2) is 0 Å². The van der Waals surface area contributed by atoms with Crippen LogP contribution in [-0.2, 0) is 6.54 Å². The lowest BCUT2D eigenvalue weighted by Gasteiger charge is -1.81. The van der Waals surface area contributed by atoms with Gasteiger partial charge in [0.2, 0.25) is 5.89 Å². The number of hydrogen-bond donors (Lipinski definition) is 1. The Morgan fingerprint density at radius 2 is 2.22 bits per heavy atom. The van der Waals surface area contributed by atoms with Crippen LogP contribution < -0.4 is 5.73 Å². The molecular weight excluding hydrogens is 116 g/mol. The Kier molecular flexibility index (Phi) is 1.53. The summed E-state index contributed by atoms with van der Waals surface area (Å²) in [7, 11) is 0. The number of rotatable bonds is 1. The summed E-state index contributed by atoms with van der Waals surface area (Å²) >= 11 is 0. The maximum atomic E-state index is 5.28. The van der Waals surface area contributed by atoms with Crippen molar-refractivity contribution in [2.75, 3.05) is 0 Å². The minimum absolute atomic E-state index is 0.384. The van der Waals surface area contributed by atoms with E-state index in [1.807, 2.05) is 13.8 Å².